The van der Waals surface area contributed by atoms with Crippen LogP contribution < -0.4 is 0 Å². The first-order valence-electron chi connectivity index (χ1n) is 5.85. The molecule has 3 unspecified atom stereocenters. The van der Waals surface area contributed by atoms with Crippen LogP contribution in [-0.2, 0) is 18.0 Å². The van der Waals surface area contributed by atoms with Crippen molar-refractivity contribution in [2.45, 2.75) is 51.9 Å². The van der Waals surface area contributed by atoms with Gasteiger partial charge in [-0.05, 0) is 20.8 Å². The minimum Gasteiger partial charge on any atom is -0.344 e. The van der Waals surface area contributed by atoms with Crippen molar-refractivity contribution >= 4 is 22.6 Å². The van der Waals surface area contributed by atoms with Gasteiger partial charge in [-0.3, -0.25) is 13.7 Å². The van der Waals surface area contributed by atoms with Gasteiger partial charge in [0.05, 0.1) is 5.16 Å². The van der Waals surface area contributed by atoms with Crippen molar-refractivity contribution in [3.8, 4) is 0 Å². The third kappa shape index (κ3) is 9.46. The Morgan fingerprint density at radius 2 is 1.00 bits per heavy atom. The number of rotatable bonds is 2. The maximum Gasteiger partial charge on any atom is 0.340 e. The minimum absolute atomic E-state index is 0.451. The molecule has 10 heteroatoms. The van der Waals surface area contributed by atoms with Crippen LogP contribution in [-0.4, -0.2) is 38.3 Å². The van der Waals surface area contributed by atoms with Gasteiger partial charge in [0.15, 0.2) is 0 Å². The standard InChI is InChI=1S/C5H14O5P2.C5H13O2P/c1-5(2,3)12(8,9)10-11(4,6)7;1-5(2,3)8(4,6)7/h1-4H3,(H,6,7)(H,8,9);1-4H3,(H,6,7). The summed E-state index contributed by atoms with van der Waals surface area (Å²) in [6.07, 6.45) is 0. The number of hydrogen-bond acceptors (Lipinski definition) is 4. The Kier molecular flexibility index (Phi) is 7.69. The molecule has 0 aromatic heterocycles. The van der Waals surface area contributed by atoms with Gasteiger partial charge in [0.2, 0.25) is 7.37 Å². The molecule has 0 amide bonds. The lowest BCUT2D eigenvalue weighted by atomic mass is 10.3. The third-order valence-electron chi connectivity index (χ3n) is 2.35. The molecule has 0 heterocycles. The van der Waals surface area contributed by atoms with E-state index in [1.165, 1.54) is 27.4 Å². The highest BCUT2D eigenvalue weighted by Gasteiger charge is 2.40. The molecule has 0 fully saturated rings. The van der Waals surface area contributed by atoms with E-state index >= 15 is 0 Å². The molecule has 0 saturated heterocycles. The van der Waals surface area contributed by atoms with Crippen molar-refractivity contribution in [1.29, 1.82) is 0 Å². The van der Waals surface area contributed by atoms with Crippen LogP contribution in [0.3, 0.4) is 0 Å². The van der Waals surface area contributed by atoms with E-state index in [9.17, 15) is 18.6 Å². The van der Waals surface area contributed by atoms with Gasteiger partial charge in [0.25, 0.3) is 0 Å². The van der Waals surface area contributed by atoms with Gasteiger partial charge < -0.3 is 14.7 Å². The highest BCUT2D eigenvalue weighted by molar-refractivity contribution is 7.66. The second-order valence-corrected chi connectivity index (χ2v) is 14.4. The van der Waals surface area contributed by atoms with Crippen LogP contribution in [0.5, 0.6) is 0 Å². The summed E-state index contributed by atoms with van der Waals surface area (Å²) in [4.78, 5) is 26.8. The molecule has 0 radical (unpaired) electrons. The maximum atomic E-state index is 11.3. The summed E-state index contributed by atoms with van der Waals surface area (Å²) in [5, 5.41) is -1.49. The first-order chi connectivity index (χ1) is 8.21. The van der Waals surface area contributed by atoms with E-state index in [1.54, 1.807) is 20.8 Å². The van der Waals surface area contributed by atoms with Crippen LogP contribution in [0.15, 0.2) is 0 Å². The SMILES string of the molecule is CC(C)(C)P(=O)(O)OP(C)(=O)O.CC(C)(C)P(C)(=O)O. The Morgan fingerprint density at radius 3 is 1.05 bits per heavy atom. The van der Waals surface area contributed by atoms with Crippen molar-refractivity contribution in [2.24, 2.45) is 0 Å². The normalized spacial score (nSPS) is 21.8. The molecule has 3 N–H and O–H groups in total. The van der Waals surface area contributed by atoms with E-state index in [1.807, 2.05) is 0 Å². The van der Waals surface area contributed by atoms with E-state index < -0.39 is 32.9 Å². The summed E-state index contributed by atoms with van der Waals surface area (Å²) in [6, 6.07) is 0. The Labute approximate surface area is 121 Å². The maximum absolute atomic E-state index is 11.3. The van der Waals surface area contributed by atoms with Gasteiger partial charge in [-0.2, -0.15) is 0 Å². The van der Waals surface area contributed by atoms with Crippen LogP contribution in [0.4, 0.5) is 0 Å². The largest absolute Gasteiger partial charge is 0.344 e. The van der Waals surface area contributed by atoms with E-state index in [0.717, 1.165) is 6.66 Å². The minimum atomic E-state index is -4.01. The second kappa shape index (κ2) is 6.75. The Morgan fingerprint density at radius 1 is 0.750 bits per heavy atom. The van der Waals surface area contributed by atoms with Crippen molar-refractivity contribution in [3.63, 3.8) is 0 Å². The lowest BCUT2D eigenvalue weighted by Crippen LogP contribution is -2.15. The molecule has 0 spiro atoms. The van der Waals surface area contributed by atoms with Gasteiger partial charge in [-0.1, -0.05) is 20.8 Å². The van der Waals surface area contributed by atoms with Crippen LogP contribution in [0.2, 0.25) is 0 Å². The molecule has 0 saturated carbocycles. The molecule has 0 aromatic carbocycles. The summed E-state index contributed by atoms with van der Waals surface area (Å²) in [5.74, 6) is 0. The zero-order valence-corrected chi connectivity index (χ0v) is 16.0. The van der Waals surface area contributed by atoms with E-state index in [0.29, 0.717) is 0 Å². The summed E-state index contributed by atoms with van der Waals surface area (Å²) in [5.41, 5.74) is 0. The topological polar surface area (TPSA) is 121 Å². The quantitative estimate of drug-likeness (QED) is 0.650. The molecule has 0 aliphatic heterocycles. The van der Waals surface area contributed by atoms with Gasteiger partial charge in [-0.25, -0.2) is 4.31 Å². The predicted octanol–water partition coefficient (Wildman–Crippen LogP) is 3.49. The van der Waals surface area contributed by atoms with Gasteiger partial charge in [0, 0.05) is 18.5 Å². The van der Waals surface area contributed by atoms with Gasteiger partial charge in [0.1, 0.15) is 0 Å². The molecule has 0 aromatic rings. The van der Waals surface area contributed by atoms with E-state index in [2.05, 4.69) is 4.31 Å². The lowest BCUT2D eigenvalue weighted by Gasteiger charge is -2.25. The third-order valence-corrected chi connectivity index (χ3v) is 8.64. The number of hydrogen-bond donors (Lipinski definition) is 3. The Balaban J connectivity index is 0. The monoisotopic (exact) mass is 352 g/mol. The Bertz CT molecular complexity index is 446. The zero-order chi connectivity index (χ0) is 17.2. The van der Waals surface area contributed by atoms with E-state index in [4.69, 9.17) is 9.79 Å². The first-order valence-corrected chi connectivity index (χ1v) is 11.6. The fourth-order valence-electron chi connectivity index (χ4n) is 0.328. The van der Waals surface area contributed by atoms with Crippen molar-refractivity contribution in [1.82, 2.24) is 0 Å². The highest BCUT2D eigenvalue weighted by Crippen LogP contribution is 2.64. The summed E-state index contributed by atoms with van der Waals surface area (Å²) in [7, 11) is -10.8. The van der Waals surface area contributed by atoms with E-state index in [-0.39, 0.29) is 0 Å². The summed E-state index contributed by atoms with van der Waals surface area (Å²) in [6.45, 7) is 11.9. The predicted molar refractivity (Wildman–Crippen MR) is 81.9 cm³/mol. The first kappa shape index (κ1) is 22.8. The molecule has 20 heavy (non-hydrogen) atoms. The second-order valence-electron chi connectivity index (χ2n) is 6.63. The molecule has 0 rings (SSSR count). The molecule has 0 aliphatic carbocycles. The molecule has 7 nitrogen and oxygen atoms in total. The van der Waals surface area contributed by atoms with Crippen LogP contribution in [0.1, 0.15) is 41.5 Å². The average Bonchev–Trinajstić information content (AvgIpc) is 1.92. The molecule has 3 atom stereocenters. The van der Waals surface area contributed by atoms with Crippen LogP contribution >= 0.6 is 22.6 Å². The molecule has 0 aliphatic rings. The highest BCUT2D eigenvalue weighted by atomic mass is 31.3. The fraction of sp³-hybridized carbons (Fsp3) is 1.00. The average molecular weight is 352 g/mol. The van der Waals surface area contributed by atoms with Crippen molar-refractivity contribution in [3.05, 3.63) is 0 Å². The van der Waals surface area contributed by atoms with Gasteiger partial charge in [-0.15, -0.1) is 0 Å². The summed E-state index contributed by atoms with van der Waals surface area (Å²) < 4.78 is 36.9. The van der Waals surface area contributed by atoms with Gasteiger partial charge >= 0.3 is 15.2 Å². The fourth-order valence-corrected chi connectivity index (χ4v) is 2.95. The smallest absolute Gasteiger partial charge is 0.340 e. The molecular weight excluding hydrogens is 325 g/mol. The molecule has 0 bridgehead atoms. The lowest BCUT2D eigenvalue weighted by molar-refractivity contribution is 0.317. The van der Waals surface area contributed by atoms with Crippen molar-refractivity contribution < 1.29 is 32.7 Å². The zero-order valence-electron chi connectivity index (χ0n) is 13.3. The van der Waals surface area contributed by atoms with Crippen molar-refractivity contribution in [2.75, 3.05) is 13.3 Å². The Hall–Kier alpha value is 0.530. The molecular formula is C10H27O7P3. The van der Waals surface area contributed by atoms with Crippen LogP contribution in [0.25, 0.3) is 0 Å². The molecule has 124 valence electrons. The summed E-state index contributed by atoms with van der Waals surface area (Å²) >= 11 is 0. The van der Waals surface area contributed by atoms with Crippen LogP contribution in [0, 0.1) is 0 Å².